The zero-order valence-electron chi connectivity index (χ0n) is 14.8. The van der Waals surface area contributed by atoms with Crippen molar-refractivity contribution in [3.63, 3.8) is 0 Å². The molecule has 8 heteroatoms. The summed E-state index contributed by atoms with van der Waals surface area (Å²) in [6.07, 6.45) is 2.46. The molecule has 26 heavy (non-hydrogen) atoms. The van der Waals surface area contributed by atoms with Crippen molar-refractivity contribution >= 4 is 11.8 Å². The Morgan fingerprint density at radius 1 is 1.31 bits per heavy atom. The van der Waals surface area contributed by atoms with Crippen molar-refractivity contribution in [1.82, 2.24) is 20.4 Å². The number of H-pyrrole nitrogens is 1. The lowest BCUT2D eigenvalue weighted by Gasteiger charge is -2.29. The maximum Gasteiger partial charge on any atom is 0.271 e. The van der Waals surface area contributed by atoms with Gasteiger partial charge in [0.1, 0.15) is 11.1 Å². The fraction of sp³-hybridized carbons (Fsp3) is 0.722. The van der Waals surface area contributed by atoms with Crippen LogP contribution < -0.4 is 5.32 Å². The van der Waals surface area contributed by atoms with Gasteiger partial charge in [0.25, 0.3) is 11.8 Å². The number of likely N-dealkylation sites (tertiary alicyclic amines) is 1. The maximum absolute atomic E-state index is 14.6. The molecular formula is C18H22F2N4O2. The number of aromatic amines is 1. The van der Waals surface area contributed by atoms with E-state index in [1.165, 1.54) is 6.20 Å². The molecule has 1 saturated heterocycles. The summed E-state index contributed by atoms with van der Waals surface area (Å²) in [5.74, 6) is -4.53. The number of halogens is 2. The van der Waals surface area contributed by atoms with Crippen molar-refractivity contribution in [2.24, 2.45) is 28.6 Å². The number of carbonyl (C=O) groups excluding carboxylic acids is 2. The Hall–Kier alpha value is -1.99. The average Bonchev–Trinajstić information content (AvgIpc) is 3.14. The van der Waals surface area contributed by atoms with Crippen LogP contribution in [0, 0.1) is 28.6 Å². The van der Waals surface area contributed by atoms with E-state index in [-0.39, 0.29) is 29.2 Å². The Balaban J connectivity index is 1.33. The molecule has 6 nitrogen and oxygen atoms in total. The van der Waals surface area contributed by atoms with Crippen molar-refractivity contribution in [3.8, 4) is 0 Å². The molecule has 6 rings (SSSR count). The largest absolute Gasteiger partial charge is 0.350 e. The summed E-state index contributed by atoms with van der Waals surface area (Å²) >= 11 is 0. The number of nitrogens with zero attached hydrogens (tertiary/aromatic N) is 2. The Labute approximate surface area is 149 Å². The number of carbonyl (C=O) groups is 2. The van der Waals surface area contributed by atoms with Crippen LogP contribution >= 0.6 is 0 Å². The number of amides is 2. The minimum absolute atomic E-state index is 0.158. The molecule has 1 aliphatic heterocycles. The third-order valence-corrected chi connectivity index (χ3v) is 7.33. The van der Waals surface area contributed by atoms with Gasteiger partial charge in [0.15, 0.2) is 0 Å². The fourth-order valence-electron chi connectivity index (χ4n) is 5.92. The Kier molecular flexibility index (Phi) is 2.89. The zero-order chi connectivity index (χ0) is 18.5. The topological polar surface area (TPSA) is 78.1 Å². The molecule has 4 bridgehead atoms. The van der Waals surface area contributed by atoms with Crippen LogP contribution in [0.4, 0.5) is 8.78 Å². The van der Waals surface area contributed by atoms with Gasteiger partial charge in [-0.25, -0.2) is 8.78 Å². The second-order valence-corrected chi connectivity index (χ2v) is 9.04. The van der Waals surface area contributed by atoms with E-state index in [1.54, 1.807) is 11.0 Å². The first kappa shape index (κ1) is 16.2. The first-order chi connectivity index (χ1) is 12.2. The summed E-state index contributed by atoms with van der Waals surface area (Å²) in [6, 6.07) is 1.26. The van der Waals surface area contributed by atoms with E-state index in [2.05, 4.69) is 15.5 Å². The number of hydrogen-bond donors (Lipinski definition) is 2. The molecule has 3 unspecified atom stereocenters. The van der Waals surface area contributed by atoms with E-state index < -0.39 is 23.2 Å². The molecule has 1 aromatic rings. The molecule has 5 fully saturated rings. The molecule has 0 spiro atoms. The van der Waals surface area contributed by atoms with Crippen molar-refractivity contribution in [3.05, 3.63) is 18.0 Å². The van der Waals surface area contributed by atoms with Crippen LogP contribution in [0.5, 0.6) is 0 Å². The van der Waals surface area contributed by atoms with E-state index in [1.807, 2.05) is 13.8 Å². The van der Waals surface area contributed by atoms with Gasteiger partial charge >= 0.3 is 0 Å². The SMILES string of the molecule is CC1(C)CN(C(=O)c2ccn[nH]2)CC1NC(=O)C12C3CC(CC31)C2(F)F. The lowest BCUT2D eigenvalue weighted by atomic mass is 9.87. The Morgan fingerprint density at radius 2 is 2.00 bits per heavy atom. The van der Waals surface area contributed by atoms with Gasteiger partial charge in [0, 0.05) is 30.6 Å². The minimum Gasteiger partial charge on any atom is -0.350 e. The molecule has 5 aliphatic rings. The molecule has 0 radical (unpaired) electrons. The smallest absolute Gasteiger partial charge is 0.271 e. The molecule has 2 N–H and O–H groups in total. The first-order valence-electron chi connectivity index (χ1n) is 9.17. The van der Waals surface area contributed by atoms with Crippen LogP contribution in [-0.2, 0) is 4.79 Å². The van der Waals surface area contributed by atoms with Gasteiger partial charge in [-0.2, -0.15) is 5.10 Å². The molecule has 1 aromatic heterocycles. The molecule has 4 saturated carbocycles. The molecule has 2 heterocycles. The van der Waals surface area contributed by atoms with Gasteiger partial charge in [-0.05, 0) is 30.7 Å². The van der Waals surface area contributed by atoms with Crippen LogP contribution in [0.25, 0.3) is 0 Å². The van der Waals surface area contributed by atoms with Gasteiger partial charge in [-0.15, -0.1) is 0 Å². The van der Waals surface area contributed by atoms with Crippen LogP contribution in [0.1, 0.15) is 37.2 Å². The minimum atomic E-state index is -2.89. The highest BCUT2D eigenvalue weighted by Gasteiger charge is 2.91. The number of hydrogen-bond acceptors (Lipinski definition) is 3. The van der Waals surface area contributed by atoms with Crippen molar-refractivity contribution in [2.75, 3.05) is 13.1 Å². The third-order valence-electron chi connectivity index (χ3n) is 7.33. The normalized spacial score (nSPS) is 40.7. The molecule has 140 valence electrons. The Morgan fingerprint density at radius 3 is 2.54 bits per heavy atom. The van der Waals surface area contributed by atoms with E-state index in [4.69, 9.17) is 0 Å². The van der Waals surface area contributed by atoms with Crippen molar-refractivity contribution in [2.45, 2.75) is 38.7 Å². The monoisotopic (exact) mass is 364 g/mol. The molecule has 0 aromatic carbocycles. The average molecular weight is 364 g/mol. The first-order valence-corrected chi connectivity index (χ1v) is 9.17. The van der Waals surface area contributed by atoms with Gasteiger partial charge < -0.3 is 10.2 Å². The molecule has 3 atom stereocenters. The second-order valence-electron chi connectivity index (χ2n) is 9.04. The van der Waals surface area contributed by atoms with E-state index in [0.29, 0.717) is 31.6 Å². The van der Waals surface area contributed by atoms with Gasteiger partial charge in [-0.1, -0.05) is 13.8 Å². The summed E-state index contributed by atoms with van der Waals surface area (Å²) < 4.78 is 29.3. The standard InChI is InChI=1S/C18H22F2N4O2/c1-16(2)8-24(14(25)12-3-4-21-23-12)7-13(16)22-15(26)17-10-5-9(6-11(10)17)18(17,19)20/h3-4,9-11,13H,5-8H2,1-2H3,(H,21,23)(H,22,26). The summed E-state index contributed by atoms with van der Waals surface area (Å²) in [5, 5.41) is 9.33. The summed E-state index contributed by atoms with van der Waals surface area (Å²) in [4.78, 5) is 27.1. The molecule has 2 amide bonds. The van der Waals surface area contributed by atoms with Crippen molar-refractivity contribution in [1.29, 1.82) is 0 Å². The fourth-order valence-corrected chi connectivity index (χ4v) is 5.92. The van der Waals surface area contributed by atoms with Crippen LogP contribution in [0.15, 0.2) is 12.3 Å². The predicted octanol–water partition coefficient (Wildman–Crippen LogP) is 1.67. The van der Waals surface area contributed by atoms with Crippen LogP contribution in [0.2, 0.25) is 0 Å². The van der Waals surface area contributed by atoms with Gasteiger partial charge in [0.05, 0.1) is 6.04 Å². The van der Waals surface area contributed by atoms with Gasteiger partial charge in [-0.3, -0.25) is 14.7 Å². The lowest BCUT2D eigenvalue weighted by Crippen LogP contribution is -2.51. The molecule has 4 aliphatic carbocycles. The highest BCUT2D eigenvalue weighted by molar-refractivity contribution is 5.93. The summed E-state index contributed by atoms with van der Waals surface area (Å²) in [7, 11) is 0. The second kappa shape index (κ2) is 4.64. The zero-order valence-corrected chi connectivity index (χ0v) is 14.8. The lowest BCUT2D eigenvalue weighted by molar-refractivity contribution is -0.145. The summed E-state index contributed by atoms with van der Waals surface area (Å²) in [5.41, 5.74) is -1.48. The summed E-state index contributed by atoms with van der Waals surface area (Å²) in [6.45, 7) is 4.67. The van der Waals surface area contributed by atoms with E-state index in [0.717, 1.165) is 0 Å². The Bertz CT molecular complexity index is 779. The van der Waals surface area contributed by atoms with E-state index in [9.17, 15) is 18.4 Å². The van der Waals surface area contributed by atoms with Crippen LogP contribution in [-0.4, -0.2) is 52.0 Å². The number of nitrogens with one attached hydrogen (secondary N) is 2. The predicted molar refractivity (Wildman–Crippen MR) is 87.3 cm³/mol. The number of alkyl halides is 2. The molecular weight excluding hydrogens is 342 g/mol. The number of rotatable bonds is 3. The van der Waals surface area contributed by atoms with Crippen LogP contribution in [0.3, 0.4) is 0 Å². The number of aromatic nitrogens is 2. The van der Waals surface area contributed by atoms with E-state index >= 15 is 0 Å². The van der Waals surface area contributed by atoms with Gasteiger partial charge in [0.2, 0.25) is 5.91 Å². The maximum atomic E-state index is 14.6. The third kappa shape index (κ3) is 1.73. The quantitative estimate of drug-likeness (QED) is 0.856. The highest BCUT2D eigenvalue weighted by atomic mass is 19.3. The van der Waals surface area contributed by atoms with Crippen molar-refractivity contribution < 1.29 is 18.4 Å². The highest BCUT2D eigenvalue weighted by Crippen LogP contribution is 2.84.